The Bertz CT molecular complexity index is 824. The summed E-state index contributed by atoms with van der Waals surface area (Å²) < 4.78 is 5.79. The van der Waals surface area contributed by atoms with E-state index in [0.29, 0.717) is 12.3 Å². The number of nitrogens with one attached hydrogen (secondary N) is 1. The Kier molecular flexibility index (Phi) is 24.8. The van der Waals surface area contributed by atoms with Gasteiger partial charge in [-0.05, 0) is 45.4 Å². The summed E-state index contributed by atoms with van der Waals surface area (Å²) in [6, 6.07) is -0.934. The van der Waals surface area contributed by atoms with Gasteiger partial charge in [0.15, 0.2) is 0 Å². The third-order valence-corrected chi connectivity index (χ3v) is 10.8. The number of carboxylic acid groups (broad SMARTS) is 1. The second-order valence-electron chi connectivity index (χ2n) is 13.8. The molecule has 0 aromatic rings. The number of unbranched alkanes of at least 4 members (excludes halogenated alkanes) is 14. The third-order valence-electron chi connectivity index (χ3n) is 9.63. The summed E-state index contributed by atoms with van der Waals surface area (Å²) in [6.07, 6.45) is 20.1. The van der Waals surface area contributed by atoms with Crippen molar-refractivity contribution in [2.75, 3.05) is 19.8 Å². The van der Waals surface area contributed by atoms with E-state index in [9.17, 15) is 24.9 Å². The van der Waals surface area contributed by atoms with Crippen molar-refractivity contribution in [3.8, 4) is 0 Å². The standard InChI is InChI=1S/C18H33ClN2O5S.C18H36O2/c1-5-6-10-7-11(21(3)8-10)17(25)20-12(9(2)19)16-14(23)13(22)15(24)18(26-16)27-4;1-2-3-4-5-6-7-8-9-10-11-12-13-14-15-16-17-18(19)20/h9-16,18,22-24H,5-8H2,1-4H3,(H,20,25);2-17H2,1H3,(H,19,20)/t9?,10-,11+,12?,13+,14-,15-,16-,18-;/m1./s1. The smallest absolute Gasteiger partial charge is 0.303 e. The minimum Gasteiger partial charge on any atom is -0.481 e. The van der Waals surface area contributed by atoms with Gasteiger partial charge >= 0.3 is 5.97 Å². The lowest BCUT2D eigenvalue weighted by Crippen LogP contribution is -2.65. The topological polar surface area (TPSA) is 140 Å². The van der Waals surface area contributed by atoms with Crippen molar-refractivity contribution in [3.63, 3.8) is 0 Å². The molecule has 2 aliphatic rings. The van der Waals surface area contributed by atoms with Crippen molar-refractivity contribution in [1.82, 2.24) is 10.2 Å². The highest BCUT2D eigenvalue weighted by Gasteiger charge is 2.48. The van der Waals surface area contributed by atoms with E-state index in [1.165, 1.54) is 95.2 Å². The van der Waals surface area contributed by atoms with Crippen LogP contribution in [0.2, 0.25) is 0 Å². The molecular weight excluding hydrogens is 640 g/mol. The van der Waals surface area contributed by atoms with Crippen LogP contribution < -0.4 is 5.32 Å². The number of thioether (sulfide) groups is 1. The molecule has 9 atom stereocenters. The minimum atomic E-state index is -1.36. The van der Waals surface area contributed by atoms with Gasteiger partial charge in [-0.3, -0.25) is 14.5 Å². The molecule has 0 aromatic carbocycles. The second-order valence-corrected chi connectivity index (χ2v) is 15.5. The number of aliphatic carboxylic acids is 1. The summed E-state index contributed by atoms with van der Waals surface area (Å²) in [5.74, 6) is -0.303. The number of likely N-dealkylation sites (N-methyl/N-ethyl adjacent to an activating group) is 1. The van der Waals surface area contributed by atoms with Crippen LogP contribution in [0.3, 0.4) is 0 Å². The fourth-order valence-electron chi connectivity index (χ4n) is 6.76. The number of carboxylic acids is 1. The molecule has 9 nitrogen and oxygen atoms in total. The van der Waals surface area contributed by atoms with Gasteiger partial charge in [-0.2, -0.15) is 0 Å². The predicted molar refractivity (Wildman–Crippen MR) is 194 cm³/mol. The molecule has 2 fully saturated rings. The number of ether oxygens (including phenoxy) is 1. The third kappa shape index (κ3) is 17.7. The number of nitrogens with zero attached hydrogens (tertiary/aromatic N) is 1. The van der Waals surface area contributed by atoms with Gasteiger partial charge in [0.25, 0.3) is 0 Å². The van der Waals surface area contributed by atoms with Gasteiger partial charge in [0, 0.05) is 13.0 Å². The molecule has 2 heterocycles. The maximum atomic E-state index is 12.9. The van der Waals surface area contributed by atoms with Crippen molar-refractivity contribution in [2.45, 2.75) is 190 Å². The molecule has 0 spiro atoms. The maximum absolute atomic E-state index is 12.9. The summed E-state index contributed by atoms with van der Waals surface area (Å²) in [7, 11) is 1.94. The van der Waals surface area contributed by atoms with Crippen LogP contribution in [0.1, 0.15) is 143 Å². The molecule has 2 rings (SSSR count). The lowest BCUT2D eigenvalue weighted by Gasteiger charge is -2.44. The number of carbonyl (C=O) groups is 2. The molecule has 0 bridgehead atoms. The van der Waals surface area contributed by atoms with Crippen LogP contribution in [0.5, 0.6) is 0 Å². The van der Waals surface area contributed by atoms with Crippen LogP contribution in [-0.2, 0) is 14.3 Å². The minimum absolute atomic E-state index is 0.147. The lowest BCUT2D eigenvalue weighted by molar-refractivity contribution is -0.205. The summed E-state index contributed by atoms with van der Waals surface area (Å²) in [5.41, 5.74) is -0.702. The largest absolute Gasteiger partial charge is 0.481 e. The number of carbonyl (C=O) groups excluding carboxylic acids is 1. The van der Waals surface area contributed by atoms with E-state index in [1.807, 2.05) is 11.9 Å². The highest BCUT2D eigenvalue weighted by atomic mass is 35.5. The summed E-state index contributed by atoms with van der Waals surface area (Å²) >= 11 is 7.55. The first-order valence-corrected chi connectivity index (χ1v) is 20.3. The number of rotatable bonds is 23. The molecule has 1 amide bonds. The number of aliphatic hydroxyl groups excluding tert-OH is 3. The van der Waals surface area contributed by atoms with E-state index in [-0.39, 0.29) is 11.9 Å². The Morgan fingerprint density at radius 1 is 0.851 bits per heavy atom. The average Bonchev–Trinajstić information content (AvgIpc) is 3.41. The highest BCUT2D eigenvalue weighted by molar-refractivity contribution is 7.99. The number of hydrogen-bond donors (Lipinski definition) is 5. The molecular formula is C36H69ClN2O7S. The molecule has 2 aliphatic heterocycles. The molecule has 2 unspecified atom stereocenters. The van der Waals surface area contributed by atoms with Crippen molar-refractivity contribution in [2.24, 2.45) is 5.92 Å². The molecule has 0 radical (unpaired) electrons. The molecule has 0 aromatic heterocycles. The van der Waals surface area contributed by atoms with Crippen molar-refractivity contribution in [1.29, 1.82) is 0 Å². The zero-order valence-electron chi connectivity index (χ0n) is 30.1. The molecule has 5 N–H and O–H groups in total. The summed E-state index contributed by atoms with van der Waals surface area (Å²) in [5, 5.41) is 41.5. The Balaban J connectivity index is 0.000000494. The van der Waals surface area contributed by atoms with E-state index in [0.717, 1.165) is 38.6 Å². The Morgan fingerprint density at radius 2 is 1.36 bits per heavy atom. The molecule has 2 saturated heterocycles. The zero-order valence-corrected chi connectivity index (χ0v) is 31.7. The van der Waals surface area contributed by atoms with E-state index in [2.05, 4.69) is 19.2 Å². The van der Waals surface area contributed by atoms with Gasteiger partial charge in [0.2, 0.25) is 5.91 Å². The second kappa shape index (κ2) is 26.2. The van der Waals surface area contributed by atoms with Crippen LogP contribution in [0.25, 0.3) is 0 Å². The molecule has 0 aliphatic carbocycles. The van der Waals surface area contributed by atoms with Crippen LogP contribution in [0.4, 0.5) is 0 Å². The summed E-state index contributed by atoms with van der Waals surface area (Å²) in [4.78, 5) is 25.3. The average molecular weight is 709 g/mol. The SMILES string of the molecule is CCCCCCCCCCCCCCCCCC(=O)O.CCC[C@@H]1C[C@@H](C(=O)NC(C(C)Cl)[C@H]2O[C@H](SC)[C@H](O)[C@@H](O)[C@H]2O)N(C)C1. The number of amides is 1. The number of likely N-dealkylation sites (tertiary alicyclic amines) is 1. The Labute approximate surface area is 295 Å². The lowest BCUT2D eigenvalue weighted by atomic mass is 9.92. The van der Waals surface area contributed by atoms with Gasteiger partial charge in [-0.25, -0.2) is 0 Å². The van der Waals surface area contributed by atoms with Gasteiger partial charge in [0.1, 0.15) is 29.9 Å². The van der Waals surface area contributed by atoms with E-state index in [4.69, 9.17) is 21.4 Å². The van der Waals surface area contributed by atoms with Gasteiger partial charge in [-0.15, -0.1) is 23.4 Å². The van der Waals surface area contributed by atoms with E-state index < -0.39 is 47.2 Å². The first-order chi connectivity index (χ1) is 22.5. The molecule has 0 saturated carbocycles. The van der Waals surface area contributed by atoms with Crippen molar-refractivity contribution >= 4 is 35.2 Å². The van der Waals surface area contributed by atoms with Crippen LogP contribution in [0.15, 0.2) is 0 Å². The number of alkyl halides is 1. The first-order valence-electron chi connectivity index (χ1n) is 18.6. The quantitative estimate of drug-likeness (QED) is 0.0578. The van der Waals surface area contributed by atoms with Gasteiger partial charge < -0.3 is 30.5 Å². The van der Waals surface area contributed by atoms with Crippen molar-refractivity contribution < 1.29 is 34.8 Å². The van der Waals surface area contributed by atoms with Crippen LogP contribution in [0, 0.1) is 5.92 Å². The highest BCUT2D eigenvalue weighted by Crippen LogP contribution is 2.31. The van der Waals surface area contributed by atoms with Crippen molar-refractivity contribution in [3.05, 3.63) is 0 Å². The first kappa shape index (κ1) is 44.4. The number of hydrogen-bond acceptors (Lipinski definition) is 8. The molecule has 278 valence electrons. The van der Waals surface area contributed by atoms with E-state index >= 15 is 0 Å². The normalized spacial score (nSPS) is 27.6. The number of halogens is 1. The predicted octanol–water partition coefficient (Wildman–Crippen LogP) is 6.72. The Hall–Kier alpha value is -0.620. The Morgan fingerprint density at radius 3 is 1.81 bits per heavy atom. The van der Waals surface area contributed by atoms with Gasteiger partial charge in [0.05, 0.1) is 17.5 Å². The fourth-order valence-corrected chi connectivity index (χ4v) is 7.65. The summed E-state index contributed by atoms with van der Waals surface area (Å²) in [6.45, 7) is 7.01. The van der Waals surface area contributed by atoms with Gasteiger partial charge in [-0.1, -0.05) is 110 Å². The fraction of sp³-hybridized carbons (Fsp3) is 0.944. The van der Waals surface area contributed by atoms with Crippen LogP contribution >= 0.6 is 23.4 Å². The van der Waals surface area contributed by atoms with Crippen LogP contribution in [-0.4, -0.2) is 104 Å². The number of aliphatic hydroxyl groups is 3. The maximum Gasteiger partial charge on any atom is 0.303 e. The zero-order chi connectivity index (χ0) is 35.2. The van der Waals surface area contributed by atoms with E-state index in [1.54, 1.807) is 13.2 Å². The monoisotopic (exact) mass is 708 g/mol. The molecule has 11 heteroatoms. The molecule has 47 heavy (non-hydrogen) atoms.